The Morgan fingerprint density at radius 3 is 3.08 bits per heavy atom. The fourth-order valence-electron chi connectivity index (χ4n) is 1.46. The van der Waals surface area contributed by atoms with Crippen molar-refractivity contribution in [3.05, 3.63) is 0 Å². The summed E-state index contributed by atoms with van der Waals surface area (Å²) in [6, 6.07) is 2.95. The van der Waals surface area contributed by atoms with Gasteiger partial charge in [-0.25, -0.2) is 0 Å². The molecule has 0 aromatic heterocycles. The molecular weight excluding hydrogens is 168 g/mol. The lowest BCUT2D eigenvalue weighted by atomic mass is 10.2. The molecule has 1 saturated heterocycles. The third-order valence-corrected chi connectivity index (χ3v) is 3.47. The van der Waals surface area contributed by atoms with Crippen molar-refractivity contribution >= 4 is 11.8 Å². The average Bonchev–Trinajstić information content (AvgIpc) is 2.56. The van der Waals surface area contributed by atoms with Crippen LogP contribution in [0.2, 0.25) is 0 Å². The summed E-state index contributed by atoms with van der Waals surface area (Å²) < 4.78 is 0. The van der Waals surface area contributed by atoms with Gasteiger partial charge in [-0.3, -0.25) is 0 Å². The molecule has 0 saturated carbocycles. The van der Waals surface area contributed by atoms with Crippen LogP contribution >= 0.6 is 11.8 Å². The predicted molar refractivity (Wildman–Crippen MR) is 53.2 cm³/mol. The molecule has 1 fully saturated rings. The Hall–Kier alpha value is -0.200. The van der Waals surface area contributed by atoms with Crippen molar-refractivity contribution in [1.82, 2.24) is 4.90 Å². The van der Waals surface area contributed by atoms with Gasteiger partial charge in [-0.15, -0.1) is 0 Å². The van der Waals surface area contributed by atoms with E-state index in [0.717, 1.165) is 19.0 Å². The summed E-state index contributed by atoms with van der Waals surface area (Å²) in [7, 11) is 2.17. The smallest absolute Gasteiger partial charge is 0.0622 e. The molecule has 68 valence electrons. The number of nitrogens with zero attached hydrogens (tertiary/aromatic N) is 2. The highest BCUT2D eigenvalue weighted by Gasteiger charge is 2.18. The molecule has 1 heterocycles. The molecule has 0 amide bonds. The average molecular weight is 184 g/mol. The van der Waals surface area contributed by atoms with E-state index in [4.69, 9.17) is 5.26 Å². The zero-order chi connectivity index (χ0) is 8.81. The highest BCUT2D eigenvalue weighted by molar-refractivity contribution is 7.99. The van der Waals surface area contributed by atoms with E-state index >= 15 is 0 Å². The van der Waals surface area contributed by atoms with Gasteiger partial charge in [-0.05, 0) is 32.2 Å². The van der Waals surface area contributed by atoms with Crippen LogP contribution in [-0.2, 0) is 0 Å². The molecule has 0 spiro atoms. The molecule has 0 aromatic rings. The largest absolute Gasteiger partial charge is 0.303 e. The Labute approximate surface area is 78.9 Å². The van der Waals surface area contributed by atoms with Gasteiger partial charge in [0.15, 0.2) is 0 Å². The molecular formula is C9H16N2S. The maximum Gasteiger partial charge on any atom is 0.0622 e. The van der Waals surface area contributed by atoms with Crippen molar-refractivity contribution in [2.75, 3.05) is 25.1 Å². The van der Waals surface area contributed by atoms with E-state index < -0.39 is 0 Å². The van der Waals surface area contributed by atoms with Crippen LogP contribution in [0.3, 0.4) is 0 Å². The van der Waals surface area contributed by atoms with E-state index in [-0.39, 0.29) is 0 Å². The minimum absolute atomic E-state index is 0.699. The van der Waals surface area contributed by atoms with Crippen molar-refractivity contribution < 1.29 is 0 Å². The summed E-state index contributed by atoms with van der Waals surface area (Å²) >= 11 is 2.04. The van der Waals surface area contributed by atoms with Gasteiger partial charge in [-0.1, -0.05) is 0 Å². The van der Waals surface area contributed by atoms with Gasteiger partial charge in [0.2, 0.25) is 0 Å². The summed E-state index contributed by atoms with van der Waals surface area (Å²) in [5.74, 6) is 2.59. The first-order valence-electron chi connectivity index (χ1n) is 4.49. The Morgan fingerprint density at radius 2 is 2.50 bits per heavy atom. The van der Waals surface area contributed by atoms with Crippen molar-refractivity contribution in [1.29, 1.82) is 5.26 Å². The maximum absolute atomic E-state index is 8.37. The van der Waals surface area contributed by atoms with E-state index in [0.29, 0.717) is 6.42 Å². The topological polar surface area (TPSA) is 27.0 Å². The molecule has 1 aliphatic heterocycles. The van der Waals surface area contributed by atoms with Gasteiger partial charge >= 0.3 is 0 Å². The van der Waals surface area contributed by atoms with E-state index in [9.17, 15) is 0 Å². The van der Waals surface area contributed by atoms with Gasteiger partial charge in [0, 0.05) is 18.2 Å². The number of unbranched alkanes of at least 4 members (excludes halogenated alkanes) is 1. The Kier molecular flexibility index (Phi) is 4.49. The molecule has 1 atom stereocenters. The zero-order valence-corrected chi connectivity index (χ0v) is 8.44. The fraction of sp³-hybridized carbons (Fsp3) is 0.889. The number of hydrogen-bond donors (Lipinski definition) is 0. The van der Waals surface area contributed by atoms with Crippen LogP contribution in [-0.4, -0.2) is 36.0 Å². The molecule has 3 heteroatoms. The molecule has 1 unspecified atom stereocenters. The molecule has 0 radical (unpaired) electrons. The molecule has 1 rings (SSSR count). The fourth-order valence-corrected chi connectivity index (χ4v) is 2.76. The summed E-state index contributed by atoms with van der Waals surface area (Å²) in [6.45, 7) is 1.08. The minimum Gasteiger partial charge on any atom is -0.303 e. The van der Waals surface area contributed by atoms with E-state index in [1.807, 2.05) is 11.8 Å². The number of nitriles is 1. The first-order chi connectivity index (χ1) is 5.84. The lowest BCUT2D eigenvalue weighted by Crippen LogP contribution is -2.32. The third-order valence-electron chi connectivity index (χ3n) is 2.33. The Morgan fingerprint density at radius 1 is 1.67 bits per heavy atom. The predicted octanol–water partition coefficient (Wildman–Crippen LogP) is 1.73. The summed E-state index contributed by atoms with van der Waals surface area (Å²) in [5, 5.41) is 8.37. The van der Waals surface area contributed by atoms with Gasteiger partial charge in [0.1, 0.15) is 0 Å². The van der Waals surface area contributed by atoms with E-state index in [2.05, 4.69) is 18.0 Å². The number of rotatable bonds is 4. The Balaban J connectivity index is 2.10. The highest BCUT2D eigenvalue weighted by atomic mass is 32.2. The monoisotopic (exact) mass is 184 g/mol. The van der Waals surface area contributed by atoms with Crippen LogP contribution < -0.4 is 0 Å². The minimum atomic E-state index is 0.699. The van der Waals surface area contributed by atoms with Crippen LogP contribution in [0.1, 0.15) is 19.3 Å². The van der Waals surface area contributed by atoms with Crippen molar-refractivity contribution in [2.45, 2.75) is 25.3 Å². The van der Waals surface area contributed by atoms with Crippen molar-refractivity contribution in [3.63, 3.8) is 0 Å². The molecule has 1 aliphatic rings. The standard InChI is InChI=1S/C9H16N2S/c1-11(6-3-2-5-10)9-4-7-12-8-9/h9H,2-4,6-8H2,1H3. The summed E-state index contributed by atoms with van der Waals surface area (Å²) in [6.07, 6.45) is 3.05. The van der Waals surface area contributed by atoms with Gasteiger partial charge < -0.3 is 4.90 Å². The summed E-state index contributed by atoms with van der Waals surface area (Å²) in [5.41, 5.74) is 0. The van der Waals surface area contributed by atoms with Crippen LogP contribution in [0.15, 0.2) is 0 Å². The van der Waals surface area contributed by atoms with E-state index in [1.54, 1.807) is 0 Å². The lowest BCUT2D eigenvalue weighted by molar-refractivity contribution is 0.260. The number of hydrogen-bond acceptors (Lipinski definition) is 3. The second-order valence-corrected chi connectivity index (χ2v) is 4.41. The maximum atomic E-state index is 8.37. The molecule has 0 aliphatic carbocycles. The Bertz CT molecular complexity index is 158. The van der Waals surface area contributed by atoms with Gasteiger partial charge in [0.05, 0.1) is 6.07 Å². The van der Waals surface area contributed by atoms with E-state index in [1.165, 1.54) is 17.9 Å². The van der Waals surface area contributed by atoms with Gasteiger partial charge in [0.25, 0.3) is 0 Å². The first kappa shape index (κ1) is 9.88. The van der Waals surface area contributed by atoms with Crippen molar-refractivity contribution in [2.24, 2.45) is 0 Å². The molecule has 0 aromatic carbocycles. The van der Waals surface area contributed by atoms with Gasteiger partial charge in [-0.2, -0.15) is 17.0 Å². The zero-order valence-electron chi connectivity index (χ0n) is 7.62. The second kappa shape index (κ2) is 5.45. The highest BCUT2D eigenvalue weighted by Crippen LogP contribution is 2.21. The van der Waals surface area contributed by atoms with Crippen LogP contribution in [0.4, 0.5) is 0 Å². The van der Waals surface area contributed by atoms with Crippen LogP contribution in [0.5, 0.6) is 0 Å². The lowest BCUT2D eigenvalue weighted by Gasteiger charge is -2.22. The normalized spacial score (nSPS) is 22.9. The third kappa shape index (κ3) is 3.04. The van der Waals surface area contributed by atoms with Crippen LogP contribution in [0.25, 0.3) is 0 Å². The molecule has 2 nitrogen and oxygen atoms in total. The molecule has 0 N–H and O–H groups in total. The second-order valence-electron chi connectivity index (χ2n) is 3.26. The molecule has 0 bridgehead atoms. The molecule has 12 heavy (non-hydrogen) atoms. The number of thioether (sulfide) groups is 1. The quantitative estimate of drug-likeness (QED) is 0.623. The SMILES string of the molecule is CN(CCCC#N)C1CCSC1. The summed E-state index contributed by atoms with van der Waals surface area (Å²) in [4.78, 5) is 2.40. The van der Waals surface area contributed by atoms with Crippen LogP contribution in [0, 0.1) is 11.3 Å². The first-order valence-corrected chi connectivity index (χ1v) is 5.65. The van der Waals surface area contributed by atoms with Crippen molar-refractivity contribution in [3.8, 4) is 6.07 Å².